The lowest BCUT2D eigenvalue weighted by Crippen LogP contribution is -2.45. The molecule has 17 heavy (non-hydrogen) atoms. The van der Waals surface area contributed by atoms with Crippen LogP contribution in [0.4, 0.5) is 0 Å². The van der Waals surface area contributed by atoms with Gasteiger partial charge in [0.15, 0.2) is 0 Å². The number of methoxy groups -OCH3 is 1. The zero-order valence-electron chi connectivity index (χ0n) is 11.2. The third-order valence-corrected chi connectivity index (χ3v) is 3.36. The Morgan fingerprint density at radius 3 is 2.88 bits per heavy atom. The van der Waals surface area contributed by atoms with E-state index in [1.54, 1.807) is 0 Å². The number of rotatable bonds is 7. The number of esters is 1. The molecule has 0 saturated carbocycles. The molecule has 1 rings (SSSR count). The van der Waals surface area contributed by atoms with Gasteiger partial charge in [0.2, 0.25) is 0 Å². The van der Waals surface area contributed by atoms with Crippen molar-refractivity contribution in [3.05, 3.63) is 0 Å². The topological polar surface area (TPSA) is 47.6 Å². The van der Waals surface area contributed by atoms with E-state index in [2.05, 4.69) is 19.2 Å². The van der Waals surface area contributed by atoms with Crippen molar-refractivity contribution in [1.82, 2.24) is 5.32 Å². The van der Waals surface area contributed by atoms with E-state index in [9.17, 15) is 4.79 Å². The van der Waals surface area contributed by atoms with Gasteiger partial charge >= 0.3 is 5.97 Å². The molecule has 0 radical (unpaired) electrons. The minimum Gasteiger partial charge on any atom is -0.468 e. The zero-order chi connectivity index (χ0) is 12.7. The molecule has 100 valence electrons. The third-order valence-electron chi connectivity index (χ3n) is 3.36. The van der Waals surface area contributed by atoms with Crippen LogP contribution in [0, 0.1) is 5.92 Å². The summed E-state index contributed by atoms with van der Waals surface area (Å²) in [5.41, 5.74) is 0. The highest BCUT2D eigenvalue weighted by molar-refractivity contribution is 5.75. The summed E-state index contributed by atoms with van der Waals surface area (Å²) < 4.78 is 10.4. The Morgan fingerprint density at radius 1 is 1.59 bits per heavy atom. The largest absolute Gasteiger partial charge is 0.468 e. The van der Waals surface area contributed by atoms with Crippen molar-refractivity contribution in [2.75, 3.05) is 20.3 Å². The van der Waals surface area contributed by atoms with E-state index in [-0.39, 0.29) is 18.1 Å². The number of nitrogens with one attached hydrogen (secondary N) is 1. The minimum absolute atomic E-state index is 0.163. The van der Waals surface area contributed by atoms with Crippen LogP contribution in [0.25, 0.3) is 0 Å². The minimum atomic E-state index is -0.204. The van der Waals surface area contributed by atoms with E-state index < -0.39 is 0 Å². The molecule has 0 bridgehead atoms. The number of hydrogen-bond acceptors (Lipinski definition) is 4. The molecule has 3 atom stereocenters. The van der Waals surface area contributed by atoms with Gasteiger partial charge in [-0.05, 0) is 25.2 Å². The van der Waals surface area contributed by atoms with Crippen LogP contribution in [-0.4, -0.2) is 38.4 Å². The van der Waals surface area contributed by atoms with E-state index in [0.717, 1.165) is 38.8 Å². The van der Waals surface area contributed by atoms with Crippen LogP contribution in [0.1, 0.15) is 39.5 Å². The first kappa shape index (κ1) is 14.5. The summed E-state index contributed by atoms with van der Waals surface area (Å²) in [6.45, 7) is 5.81. The summed E-state index contributed by atoms with van der Waals surface area (Å²) in [5.74, 6) is 0.137. The summed E-state index contributed by atoms with van der Waals surface area (Å²) in [7, 11) is 1.45. The van der Waals surface area contributed by atoms with Crippen molar-refractivity contribution in [2.24, 2.45) is 5.92 Å². The molecule has 4 heteroatoms. The van der Waals surface area contributed by atoms with E-state index in [0.29, 0.717) is 5.92 Å². The fraction of sp³-hybridized carbons (Fsp3) is 0.923. The van der Waals surface area contributed by atoms with Gasteiger partial charge in [-0.1, -0.05) is 20.3 Å². The van der Waals surface area contributed by atoms with Crippen molar-refractivity contribution < 1.29 is 14.3 Å². The van der Waals surface area contributed by atoms with Gasteiger partial charge in [-0.15, -0.1) is 0 Å². The SMILES string of the molecule is CCCC(C)C(NCC1CCCO1)C(=O)OC. The lowest BCUT2D eigenvalue weighted by molar-refractivity contribution is -0.144. The van der Waals surface area contributed by atoms with Crippen LogP contribution in [0.15, 0.2) is 0 Å². The molecule has 1 aliphatic heterocycles. The van der Waals surface area contributed by atoms with Crippen molar-refractivity contribution >= 4 is 5.97 Å². The average molecular weight is 243 g/mol. The van der Waals surface area contributed by atoms with Crippen LogP contribution in [0.2, 0.25) is 0 Å². The van der Waals surface area contributed by atoms with E-state index in [4.69, 9.17) is 9.47 Å². The quantitative estimate of drug-likeness (QED) is 0.692. The van der Waals surface area contributed by atoms with E-state index in [1.165, 1.54) is 7.11 Å². The van der Waals surface area contributed by atoms with Crippen molar-refractivity contribution in [1.29, 1.82) is 0 Å². The Bertz CT molecular complexity index is 227. The summed E-state index contributed by atoms with van der Waals surface area (Å²) in [4.78, 5) is 11.7. The van der Waals surface area contributed by atoms with Gasteiger partial charge in [-0.25, -0.2) is 0 Å². The van der Waals surface area contributed by atoms with Gasteiger partial charge < -0.3 is 14.8 Å². The molecular formula is C13H25NO3. The first-order valence-electron chi connectivity index (χ1n) is 6.61. The molecule has 1 saturated heterocycles. The molecule has 1 fully saturated rings. The Hall–Kier alpha value is -0.610. The summed E-state index contributed by atoms with van der Waals surface area (Å²) in [6.07, 6.45) is 4.58. The maximum Gasteiger partial charge on any atom is 0.323 e. The fourth-order valence-electron chi connectivity index (χ4n) is 2.33. The zero-order valence-corrected chi connectivity index (χ0v) is 11.2. The molecular weight excluding hydrogens is 218 g/mol. The predicted molar refractivity (Wildman–Crippen MR) is 66.9 cm³/mol. The normalized spacial score (nSPS) is 23.4. The van der Waals surface area contributed by atoms with Gasteiger partial charge in [0, 0.05) is 13.2 Å². The highest BCUT2D eigenvalue weighted by atomic mass is 16.5. The maximum atomic E-state index is 11.7. The van der Waals surface area contributed by atoms with E-state index in [1.807, 2.05) is 0 Å². The molecule has 0 amide bonds. The molecule has 1 N–H and O–H groups in total. The van der Waals surface area contributed by atoms with Crippen LogP contribution in [0.3, 0.4) is 0 Å². The first-order chi connectivity index (χ1) is 8.19. The van der Waals surface area contributed by atoms with Crippen LogP contribution < -0.4 is 5.32 Å². The summed E-state index contributed by atoms with van der Waals surface area (Å²) in [6, 6.07) is -0.204. The number of carbonyl (C=O) groups is 1. The summed E-state index contributed by atoms with van der Waals surface area (Å²) >= 11 is 0. The Kier molecular flexibility index (Phi) is 6.52. The van der Waals surface area contributed by atoms with Gasteiger partial charge in [-0.3, -0.25) is 4.79 Å². The number of hydrogen-bond donors (Lipinski definition) is 1. The second kappa shape index (κ2) is 7.67. The third kappa shape index (κ3) is 4.64. The smallest absolute Gasteiger partial charge is 0.323 e. The monoisotopic (exact) mass is 243 g/mol. The molecule has 1 aliphatic rings. The molecule has 0 aromatic heterocycles. The number of carbonyl (C=O) groups excluding carboxylic acids is 1. The summed E-state index contributed by atoms with van der Waals surface area (Å²) in [5, 5.41) is 3.30. The van der Waals surface area contributed by atoms with E-state index >= 15 is 0 Å². The van der Waals surface area contributed by atoms with Crippen LogP contribution in [-0.2, 0) is 14.3 Å². The molecule has 4 nitrogen and oxygen atoms in total. The second-order valence-electron chi connectivity index (χ2n) is 4.81. The molecule has 0 aromatic carbocycles. The molecule has 0 aromatic rings. The predicted octanol–water partition coefficient (Wildman–Crippen LogP) is 1.73. The lowest BCUT2D eigenvalue weighted by Gasteiger charge is -2.24. The highest BCUT2D eigenvalue weighted by Crippen LogP contribution is 2.15. The molecule has 0 aliphatic carbocycles. The average Bonchev–Trinajstić information content (AvgIpc) is 2.82. The van der Waals surface area contributed by atoms with Crippen molar-refractivity contribution in [3.8, 4) is 0 Å². The Balaban J connectivity index is 2.41. The van der Waals surface area contributed by atoms with Crippen LogP contribution in [0.5, 0.6) is 0 Å². The van der Waals surface area contributed by atoms with Gasteiger partial charge in [0.05, 0.1) is 13.2 Å². The van der Waals surface area contributed by atoms with Crippen molar-refractivity contribution in [2.45, 2.75) is 51.7 Å². The van der Waals surface area contributed by atoms with Gasteiger partial charge in [-0.2, -0.15) is 0 Å². The molecule has 3 unspecified atom stereocenters. The van der Waals surface area contributed by atoms with Gasteiger partial charge in [0.25, 0.3) is 0 Å². The van der Waals surface area contributed by atoms with Gasteiger partial charge in [0.1, 0.15) is 6.04 Å². The first-order valence-corrected chi connectivity index (χ1v) is 6.61. The van der Waals surface area contributed by atoms with Crippen molar-refractivity contribution in [3.63, 3.8) is 0 Å². The Labute approximate surface area is 104 Å². The maximum absolute atomic E-state index is 11.7. The highest BCUT2D eigenvalue weighted by Gasteiger charge is 2.26. The lowest BCUT2D eigenvalue weighted by atomic mass is 9.96. The standard InChI is InChI=1S/C13H25NO3/c1-4-6-10(2)12(13(15)16-3)14-9-11-7-5-8-17-11/h10-12,14H,4-9H2,1-3H3. The van der Waals surface area contributed by atoms with Crippen LogP contribution >= 0.6 is 0 Å². The number of ether oxygens (including phenoxy) is 2. The molecule has 1 heterocycles. The molecule has 0 spiro atoms. The Morgan fingerprint density at radius 2 is 2.35 bits per heavy atom. The second-order valence-corrected chi connectivity index (χ2v) is 4.81. The fourth-order valence-corrected chi connectivity index (χ4v) is 2.33.